The monoisotopic (exact) mass is 307 g/mol. The van der Waals surface area contributed by atoms with Crippen molar-refractivity contribution in [1.82, 2.24) is 10.2 Å². The molecule has 1 aliphatic carbocycles. The van der Waals surface area contributed by atoms with Crippen molar-refractivity contribution in [3.63, 3.8) is 0 Å². The molecule has 0 spiro atoms. The molecule has 6 heteroatoms. The van der Waals surface area contributed by atoms with Gasteiger partial charge >= 0.3 is 0 Å². The lowest BCUT2D eigenvalue weighted by molar-refractivity contribution is 0.102. The Morgan fingerprint density at radius 3 is 2.85 bits per heavy atom. The molecule has 0 aromatic carbocycles. The number of thiophene rings is 1. The van der Waals surface area contributed by atoms with Gasteiger partial charge in [-0.05, 0) is 31.2 Å². The third-order valence-corrected chi connectivity index (χ3v) is 5.69. The van der Waals surface area contributed by atoms with Gasteiger partial charge in [-0.1, -0.05) is 25.2 Å². The molecule has 1 aliphatic rings. The van der Waals surface area contributed by atoms with Crippen molar-refractivity contribution in [1.29, 1.82) is 0 Å². The van der Waals surface area contributed by atoms with Crippen LogP contribution in [0, 0.1) is 0 Å². The van der Waals surface area contributed by atoms with Crippen LogP contribution in [0.3, 0.4) is 0 Å². The van der Waals surface area contributed by atoms with E-state index in [1.165, 1.54) is 34.6 Å². The maximum atomic E-state index is 12.4. The fourth-order valence-electron chi connectivity index (χ4n) is 2.37. The summed E-state index contributed by atoms with van der Waals surface area (Å²) >= 11 is 3.16. The van der Waals surface area contributed by atoms with E-state index in [9.17, 15) is 4.79 Å². The van der Waals surface area contributed by atoms with E-state index in [0.717, 1.165) is 23.4 Å². The Bertz CT molecular complexity index is 630. The zero-order valence-corrected chi connectivity index (χ0v) is 13.2. The Balaban J connectivity index is 1.77. The van der Waals surface area contributed by atoms with E-state index in [0.29, 0.717) is 11.0 Å². The molecule has 0 radical (unpaired) electrons. The molecule has 20 heavy (non-hydrogen) atoms. The Hall–Kier alpha value is -1.27. The van der Waals surface area contributed by atoms with Crippen LogP contribution in [0.2, 0.25) is 0 Å². The number of nitrogens with one attached hydrogen (secondary N) is 1. The first-order valence-corrected chi connectivity index (χ1v) is 8.58. The fourth-order valence-corrected chi connectivity index (χ4v) is 4.23. The van der Waals surface area contributed by atoms with Crippen LogP contribution in [0.15, 0.2) is 5.38 Å². The molecule has 0 atom stereocenters. The van der Waals surface area contributed by atoms with Crippen LogP contribution >= 0.6 is 22.7 Å². The molecule has 4 nitrogen and oxygen atoms in total. The number of fused-ring (bicyclic) bond motifs is 1. The first kappa shape index (κ1) is 13.7. The molecule has 0 saturated heterocycles. The second-order valence-corrected chi connectivity index (χ2v) is 7.29. The predicted octanol–water partition coefficient (Wildman–Crippen LogP) is 3.85. The molecule has 0 saturated carbocycles. The van der Waals surface area contributed by atoms with Crippen LogP contribution in [-0.4, -0.2) is 16.1 Å². The van der Waals surface area contributed by atoms with Gasteiger partial charge in [0.15, 0.2) is 0 Å². The van der Waals surface area contributed by atoms with Crippen molar-refractivity contribution in [2.45, 2.75) is 45.4 Å². The minimum atomic E-state index is -0.0455. The molecule has 1 amide bonds. The molecule has 0 unspecified atom stereocenters. The average Bonchev–Trinajstić information content (AvgIpc) is 3.04. The maximum Gasteiger partial charge on any atom is 0.258 e. The first-order chi connectivity index (χ1) is 9.65. The van der Waals surface area contributed by atoms with Crippen LogP contribution in [0.25, 0.3) is 0 Å². The zero-order valence-electron chi connectivity index (χ0n) is 11.6. The van der Waals surface area contributed by atoms with Gasteiger partial charge in [0.2, 0.25) is 5.13 Å². The van der Waals surface area contributed by atoms with Gasteiger partial charge in [0.1, 0.15) is 5.01 Å². The topological polar surface area (TPSA) is 54.9 Å². The summed E-state index contributed by atoms with van der Waals surface area (Å²) in [6.07, 6.45) is 4.56. The van der Waals surface area contributed by atoms with E-state index >= 15 is 0 Å². The average molecular weight is 307 g/mol. The maximum absolute atomic E-state index is 12.4. The lowest BCUT2D eigenvalue weighted by Gasteiger charge is -2.12. The number of nitrogens with zero attached hydrogens (tertiary/aromatic N) is 2. The largest absolute Gasteiger partial charge is 0.296 e. The molecule has 106 valence electrons. The Morgan fingerprint density at radius 1 is 1.30 bits per heavy atom. The third-order valence-electron chi connectivity index (χ3n) is 3.46. The van der Waals surface area contributed by atoms with Crippen LogP contribution < -0.4 is 5.32 Å². The van der Waals surface area contributed by atoms with Crippen LogP contribution in [-0.2, 0) is 12.8 Å². The number of aryl methyl sites for hydroxylation is 1. The Labute approximate surface area is 126 Å². The molecule has 2 aromatic heterocycles. The fraction of sp³-hybridized carbons (Fsp3) is 0.500. The summed E-state index contributed by atoms with van der Waals surface area (Å²) in [6.45, 7) is 4.14. The van der Waals surface area contributed by atoms with Gasteiger partial charge in [-0.15, -0.1) is 21.5 Å². The number of aromatic nitrogens is 2. The van der Waals surface area contributed by atoms with Crippen molar-refractivity contribution in [2.75, 3.05) is 5.32 Å². The Kier molecular flexibility index (Phi) is 3.85. The number of anilines is 1. The predicted molar refractivity (Wildman–Crippen MR) is 82.9 cm³/mol. The summed E-state index contributed by atoms with van der Waals surface area (Å²) in [5.41, 5.74) is 2.07. The summed E-state index contributed by atoms with van der Waals surface area (Å²) in [6, 6.07) is 0. The van der Waals surface area contributed by atoms with Gasteiger partial charge in [0.25, 0.3) is 5.91 Å². The number of amides is 1. The highest BCUT2D eigenvalue weighted by molar-refractivity contribution is 7.15. The standard InChI is InChI=1S/C14H17N3OS2/c1-8(2)13-16-17-14(20-13)15-12(18)10-7-19-11-6-4-3-5-9(10)11/h7-8H,3-6H2,1-2H3,(H,15,17,18). The lowest BCUT2D eigenvalue weighted by atomic mass is 9.96. The van der Waals surface area contributed by atoms with Crippen molar-refractivity contribution < 1.29 is 4.79 Å². The highest BCUT2D eigenvalue weighted by Gasteiger charge is 2.21. The molecular weight excluding hydrogens is 290 g/mol. The van der Waals surface area contributed by atoms with Gasteiger partial charge in [-0.25, -0.2) is 0 Å². The van der Waals surface area contributed by atoms with Crippen molar-refractivity contribution in [3.05, 3.63) is 26.4 Å². The van der Waals surface area contributed by atoms with Gasteiger partial charge in [0.05, 0.1) is 5.56 Å². The summed E-state index contributed by atoms with van der Waals surface area (Å²) in [4.78, 5) is 13.7. The minimum absolute atomic E-state index is 0.0455. The van der Waals surface area contributed by atoms with E-state index in [-0.39, 0.29) is 5.91 Å². The van der Waals surface area contributed by atoms with E-state index in [1.807, 2.05) is 5.38 Å². The second kappa shape index (κ2) is 5.61. The van der Waals surface area contributed by atoms with E-state index in [2.05, 4.69) is 29.4 Å². The number of carbonyl (C=O) groups is 1. The molecule has 0 bridgehead atoms. The smallest absolute Gasteiger partial charge is 0.258 e. The van der Waals surface area contributed by atoms with Crippen LogP contribution in [0.4, 0.5) is 5.13 Å². The Morgan fingerprint density at radius 2 is 2.10 bits per heavy atom. The third kappa shape index (κ3) is 2.62. The molecule has 0 fully saturated rings. The molecule has 1 N–H and O–H groups in total. The second-order valence-electron chi connectivity index (χ2n) is 5.31. The van der Waals surface area contributed by atoms with Crippen molar-refractivity contribution in [3.8, 4) is 0 Å². The molecule has 2 aromatic rings. The highest BCUT2D eigenvalue weighted by Crippen LogP contribution is 2.31. The van der Waals surface area contributed by atoms with E-state index < -0.39 is 0 Å². The number of rotatable bonds is 3. The summed E-state index contributed by atoms with van der Waals surface area (Å²) < 4.78 is 0. The van der Waals surface area contributed by atoms with Gasteiger partial charge < -0.3 is 0 Å². The molecular formula is C14H17N3OS2. The highest BCUT2D eigenvalue weighted by atomic mass is 32.1. The number of hydrogen-bond donors (Lipinski definition) is 1. The van der Waals surface area contributed by atoms with Gasteiger partial charge in [-0.3, -0.25) is 10.1 Å². The summed E-state index contributed by atoms with van der Waals surface area (Å²) in [5.74, 6) is 0.294. The van der Waals surface area contributed by atoms with Crippen LogP contribution in [0.1, 0.15) is 58.4 Å². The number of carbonyl (C=O) groups excluding carboxylic acids is 1. The molecule has 3 rings (SSSR count). The number of hydrogen-bond acceptors (Lipinski definition) is 5. The van der Waals surface area contributed by atoms with Gasteiger partial charge in [0, 0.05) is 16.2 Å². The normalized spacial score (nSPS) is 14.3. The summed E-state index contributed by atoms with van der Waals surface area (Å²) in [5, 5.41) is 14.5. The zero-order chi connectivity index (χ0) is 14.1. The molecule has 2 heterocycles. The van der Waals surface area contributed by atoms with E-state index in [1.54, 1.807) is 11.3 Å². The van der Waals surface area contributed by atoms with Crippen LogP contribution in [0.5, 0.6) is 0 Å². The first-order valence-electron chi connectivity index (χ1n) is 6.89. The van der Waals surface area contributed by atoms with Crippen molar-refractivity contribution in [2.24, 2.45) is 0 Å². The molecule has 0 aliphatic heterocycles. The quantitative estimate of drug-likeness (QED) is 0.937. The SMILES string of the molecule is CC(C)c1nnc(NC(=O)c2csc3c2CCCC3)s1. The summed E-state index contributed by atoms with van der Waals surface area (Å²) in [7, 11) is 0. The van der Waals surface area contributed by atoms with Crippen molar-refractivity contribution >= 4 is 33.7 Å². The lowest BCUT2D eigenvalue weighted by Crippen LogP contribution is -2.14. The van der Waals surface area contributed by atoms with E-state index in [4.69, 9.17) is 0 Å². The minimum Gasteiger partial charge on any atom is -0.296 e. The van der Waals surface area contributed by atoms with Gasteiger partial charge in [-0.2, -0.15) is 0 Å².